The van der Waals surface area contributed by atoms with Crippen LogP contribution in [0.3, 0.4) is 0 Å². The molecule has 1 N–H and O–H groups in total. The van der Waals surface area contributed by atoms with Gasteiger partial charge in [-0.3, -0.25) is 4.79 Å². The number of aromatic amines is 1. The predicted molar refractivity (Wildman–Crippen MR) is 213 cm³/mol. The van der Waals surface area contributed by atoms with E-state index in [1.54, 1.807) is 44.6 Å². The standard InChI is InChI=1S/C42H43FN3O10PS/c1-51-31-19-15-29(16-20-31)42(28-10-5-3-6-11-28,30-17-21-32(52-2)22-18-30)53-26-35-39(38(43)40(54-35)46-37(47)23-24-44-41(46)48)56-57-45-25-9-14-34(45)36(55-57)27-58(49,50)33-12-7-4-8-13-33/h3-8,10-13,15-24,34-36,38-40H,9,14,25-27H2,1-2H3,(H,44,48)/t34-,35+,36+,38-,39+,40+,57+/m0/s1. The first kappa shape index (κ1) is 40.1. The smallest absolute Gasteiger partial charge is 0.330 e. The summed E-state index contributed by atoms with van der Waals surface area (Å²) in [5.41, 5.74) is -0.754. The second-order valence-electron chi connectivity index (χ2n) is 14.2. The van der Waals surface area contributed by atoms with Crippen molar-refractivity contribution < 1.29 is 40.8 Å². The molecule has 7 atom stereocenters. The van der Waals surface area contributed by atoms with Crippen molar-refractivity contribution in [1.29, 1.82) is 0 Å². The van der Waals surface area contributed by atoms with E-state index in [1.165, 1.54) is 6.20 Å². The number of halogens is 1. The van der Waals surface area contributed by atoms with E-state index in [2.05, 4.69) is 4.98 Å². The van der Waals surface area contributed by atoms with Crippen LogP contribution in [-0.4, -0.2) is 86.3 Å². The summed E-state index contributed by atoms with van der Waals surface area (Å²) in [5.74, 6) is 0.973. The van der Waals surface area contributed by atoms with Gasteiger partial charge in [-0.25, -0.2) is 26.8 Å². The lowest BCUT2D eigenvalue weighted by atomic mass is 9.80. The molecule has 8 rings (SSSR count). The number of nitrogens with one attached hydrogen (secondary N) is 1. The highest BCUT2D eigenvalue weighted by molar-refractivity contribution is 7.91. The number of ether oxygens (including phenoxy) is 4. The molecule has 0 radical (unpaired) electrons. The molecule has 3 aliphatic rings. The Bertz CT molecular complexity index is 2330. The summed E-state index contributed by atoms with van der Waals surface area (Å²) in [6.07, 6.45) is -4.43. The Morgan fingerprint density at radius 2 is 1.43 bits per heavy atom. The van der Waals surface area contributed by atoms with Gasteiger partial charge in [0.25, 0.3) is 14.1 Å². The lowest BCUT2D eigenvalue weighted by molar-refractivity contribution is -0.0936. The van der Waals surface area contributed by atoms with Gasteiger partial charge in [-0.2, -0.15) is 0 Å². The molecule has 1 aromatic heterocycles. The van der Waals surface area contributed by atoms with Crippen LogP contribution in [0, 0.1) is 0 Å². The summed E-state index contributed by atoms with van der Waals surface area (Å²) in [6, 6.07) is 33.4. The number of rotatable bonds is 14. The fourth-order valence-corrected chi connectivity index (χ4v) is 11.6. The van der Waals surface area contributed by atoms with Gasteiger partial charge in [-0.15, -0.1) is 0 Å². The van der Waals surface area contributed by atoms with Crippen LogP contribution in [0.4, 0.5) is 4.39 Å². The first-order valence-electron chi connectivity index (χ1n) is 18.9. The van der Waals surface area contributed by atoms with Crippen LogP contribution < -0.4 is 20.7 Å². The highest BCUT2D eigenvalue weighted by Gasteiger charge is 2.55. The van der Waals surface area contributed by atoms with Crippen molar-refractivity contribution >= 4 is 18.4 Å². The van der Waals surface area contributed by atoms with Crippen molar-refractivity contribution in [3.63, 3.8) is 0 Å². The number of nitrogens with zero attached hydrogens (tertiary/aromatic N) is 2. The molecule has 4 aromatic carbocycles. The van der Waals surface area contributed by atoms with Gasteiger partial charge < -0.3 is 33.0 Å². The maximum absolute atomic E-state index is 17.1. The molecule has 0 aliphatic carbocycles. The molecule has 16 heteroatoms. The Balaban J connectivity index is 1.16. The van der Waals surface area contributed by atoms with Crippen LogP contribution in [0.1, 0.15) is 35.8 Å². The number of alkyl halides is 1. The molecule has 0 saturated carbocycles. The second-order valence-corrected chi connectivity index (χ2v) is 17.7. The fraction of sp³-hybridized carbons (Fsp3) is 0.333. The summed E-state index contributed by atoms with van der Waals surface area (Å²) < 4.78 is 84.0. The minimum Gasteiger partial charge on any atom is -0.497 e. The van der Waals surface area contributed by atoms with Gasteiger partial charge in [0, 0.05) is 24.8 Å². The third-order valence-electron chi connectivity index (χ3n) is 10.9. The van der Waals surface area contributed by atoms with Crippen LogP contribution in [-0.2, 0) is 34.0 Å². The van der Waals surface area contributed by atoms with Gasteiger partial charge in [0.15, 0.2) is 22.2 Å². The van der Waals surface area contributed by atoms with E-state index in [4.69, 9.17) is 28.0 Å². The Morgan fingerprint density at radius 3 is 2.03 bits per heavy atom. The predicted octanol–water partition coefficient (Wildman–Crippen LogP) is 5.75. The van der Waals surface area contributed by atoms with Crippen LogP contribution in [0.5, 0.6) is 11.5 Å². The topological polar surface area (TPSA) is 148 Å². The van der Waals surface area contributed by atoms with Crippen molar-refractivity contribution in [2.75, 3.05) is 33.1 Å². The molecule has 3 fully saturated rings. The Morgan fingerprint density at radius 1 is 0.828 bits per heavy atom. The largest absolute Gasteiger partial charge is 0.497 e. The van der Waals surface area contributed by atoms with Crippen LogP contribution >= 0.6 is 8.53 Å². The van der Waals surface area contributed by atoms with E-state index >= 15 is 4.39 Å². The summed E-state index contributed by atoms with van der Waals surface area (Å²) >= 11 is 0. The number of hydrogen-bond donors (Lipinski definition) is 1. The van der Waals surface area contributed by atoms with E-state index in [-0.39, 0.29) is 23.3 Å². The number of aromatic nitrogens is 2. The van der Waals surface area contributed by atoms with Gasteiger partial charge in [-0.05, 0) is 65.9 Å². The number of sulfone groups is 1. The zero-order chi connectivity index (χ0) is 40.4. The Labute approximate surface area is 336 Å². The Kier molecular flexibility index (Phi) is 11.6. The first-order valence-corrected chi connectivity index (χ1v) is 21.7. The van der Waals surface area contributed by atoms with Crippen LogP contribution in [0.15, 0.2) is 136 Å². The maximum atomic E-state index is 17.1. The normalized spacial score (nSPS) is 24.8. The van der Waals surface area contributed by atoms with Crippen molar-refractivity contribution in [2.45, 2.75) is 60.1 Å². The summed E-state index contributed by atoms with van der Waals surface area (Å²) in [5, 5.41) is 0. The number of H-pyrrole nitrogens is 1. The molecule has 13 nitrogen and oxygen atoms in total. The van der Waals surface area contributed by atoms with Crippen LogP contribution in [0.2, 0.25) is 0 Å². The molecule has 5 aromatic rings. The molecule has 3 aliphatic heterocycles. The van der Waals surface area contributed by atoms with E-state index in [9.17, 15) is 18.0 Å². The average molecular weight is 832 g/mol. The summed E-state index contributed by atoms with van der Waals surface area (Å²) in [6.45, 7) is 0.268. The number of methoxy groups -OCH3 is 2. The van der Waals surface area contributed by atoms with E-state index in [0.717, 1.165) is 29.2 Å². The highest BCUT2D eigenvalue weighted by Crippen LogP contribution is 2.58. The van der Waals surface area contributed by atoms with Gasteiger partial charge in [-0.1, -0.05) is 72.8 Å². The minimum absolute atomic E-state index is 0.183. The third kappa shape index (κ3) is 7.63. The van der Waals surface area contributed by atoms with Crippen molar-refractivity contribution in [3.05, 3.63) is 159 Å². The molecule has 58 heavy (non-hydrogen) atoms. The zero-order valence-corrected chi connectivity index (χ0v) is 33.5. The quantitative estimate of drug-likeness (QED) is 0.108. The molecule has 3 saturated heterocycles. The third-order valence-corrected chi connectivity index (χ3v) is 14.4. The molecule has 304 valence electrons. The van der Waals surface area contributed by atoms with E-state index in [0.29, 0.717) is 29.0 Å². The highest BCUT2D eigenvalue weighted by atomic mass is 32.2. The average Bonchev–Trinajstić information content (AvgIpc) is 3.95. The zero-order valence-electron chi connectivity index (χ0n) is 31.8. The van der Waals surface area contributed by atoms with Crippen molar-refractivity contribution in [3.8, 4) is 11.5 Å². The van der Waals surface area contributed by atoms with Gasteiger partial charge in [0.1, 0.15) is 29.3 Å². The number of benzene rings is 4. The number of hydrogen-bond acceptors (Lipinski definition) is 11. The number of fused-ring (bicyclic) bond motifs is 1. The molecule has 0 bridgehead atoms. The van der Waals surface area contributed by atoms with Crippen molar-refractivity contribution in [1.82, 2.24) is 14.2 Å². The molecule has 0 unspecified atom stereocenters. The summed E-state index contributed by atoms with van der Waals surface area (Å²) in [7, 11) is -2.58. The molecule has 0 amide bonds. The lowest BCUT2D eigenvalue weighted by Crippen LogP contribution is -2.41. The monoisotopic (exact) mass is 831 g/mol. The maximum Gasteiger partial charge on any atom is 0.330 e. The molecule has 0 spiro atoms. The van der Waals surface area contributed by atoms with Gasteiger partial charge in [0.2, 0.25) is 0 Å². The van der Waals surface area contributed by atoms with E-state index < -0.39 is 65.9 Å². The molecular formula is C42H43FN3O10PS. The molecular weight excluding hydrogens is 789 g/mol. The minimum atomic E-state index is -3.73. The van der Waals surface area contributed by atoms with Gasteiger partial charge >= 0.3 is 5.69 Å². The summed E-state index contributed by atoms with van der Waals surface area (Å²) in [4.78, 5) is 28.7. The fourth-order valence-electron chi connectivity index (χ4n) is 7.99. The second kappa shape index (κ2) is 16.9. The van der Waals surface area contributed by atoms with Crippen LogP contribution in [0.25, 0.3) is 0 Å². The van der Waals surface area contributed by atoms with E-state index in [1.807, 2.05) is 83.5 Å². The lowest BCUT2D eigenvalue weighted by Gasteiger charge is -2.37. The first-order chi connectivity index (χ1) is 28.1. The molecule has 4 heterocycles. The Hall–Kier alpha value is -4.73. The van der Waals surface area contributed by atoms with Gasteiger partial charge in [0.05, 0.1) is 37.6 Å². The SMILES string of the molecule is COc1ccc(C(OC[C@H]2O[C@@H](n3c(=O)cc[nH]c3=O)[C@@H](F)[C@@H]2O[P@@]2O[C@H](CS(=O)(=O)c3ccccc3)[C@@H]3CCCN32)(c2ccccc2)c2ccc(OC)cc2)cc1. The van der Waals surface area contributed by atoms with Crippen molar-refractivity contribution in [2.24, 2.45) is 0 Å².